The van der Waals surface area contributed by atoms with Gasteiger partial charge in [-0.2, -0.15) is 0 Å². The molecule has 0 aliphatic heterocycles. The third-order valence-corrected chi connectivity index (χ3v) is 4.84. The lowest BCUT2D eigenvalue weighted by Gasteiger charge is -2.12. The molecule has 2 aromatic rings. The number of nitrogens with one attached hydrogen (secondary N) is 2. The van der Waals surface area contributed by atoms with Crippen LogP contribution in [0.3, 0.4) is 0 Å². The number of carbonyl (C=O) groups is 1. The molecule has 1 aliphatic rings. The van der Waals surface area contributed by atoms with Gasteiger partial charge in [0.05, 0.1) is 4.88 Å². The van der Waals surface area contributed by atoms with Crippen molar-refractivity contribution < 1.29 is 4.79 Å². The number of anilines is 1. The Hall–Kier alpha value is -2.15. The molecule has 3 rings (SSSR count). The Kier molecular flexibility index (Phi) is 4.24. The number of nitrogen functional groups attached to an aromatic ring is 1. The van der Waals surface area contributed by atoms with Crippen molar-refractivity contribution in [2.75, 3.05) is 12.3 Å². The van der Waals surface area contributed by atoms with Crippen LogP contribution in [0, 0.1) is 0 Å². The maximum absolute atomic E-state index is 12.3. The van der Waals surface area contributed by atoms with Gasteiger partial charge in [0.15, 0.2) is 0 Å². The zero-order valence-corrected chi connectivity index (χ0v) is 13.0. The number of aryl methyl sites for hydroxylation is 1. The van der Waals surface area contributed by atoms with Crippen molar-refractivity contribution in [3.8, 4) is 0 Å². The molecule has 116 valence electrons. The highest BCUT2D eigenvalue weighted by Crippen LogP contribution is 2.29. The number of aromatic nitrogens is 2. The van der Waals surface area contributed by atoms with Gasteiger partial charge in [-0.3, -0.25) is 9.59 Å². The summed E-state index contributed by atoms with van der Waals surface area (Å²) in [5.41, 5.74) is 7.79. The lowest BCUT2D eigenvalue weighted by Crippen LogP contribution is -2.27. The van der Waals surface area contributed by atoms with Gasteiger partial charge in [-0.15, -0.1) is 11.3 Å². The van der Waals surface area contributed by atoms with E-state index < -0.39 is 0 Å². The van der Waals surface area contributed by atoms with Crippen molar-refractivity contribution in [3.05, 3.63) is 43.6 Å². The number of fused-ring (bicyclic) bond motifs is 1. The van der Waals surface area contributed by atoms with E-state index in [1.165, 1.54) is 35.0 Å². The summed E-state index contributed by atoms with van der Waals surface area (Å²) in [5.74, 6) is 0.635. The monoisotopic (exact) mass is 318 g/mol. The first-order valence-electron chi connectivity index (χ1n) is 7.36. The molecule has 22 heavy (non-hydrogen) atoms. The van der Waals surface area contributed by atoms with E-state index in [-0.39, 0.29) is 17.3 Å². The Balaban J connectivity index is 1.61. The molecule has 0 atom stereocenters. The summed E-state index contributed by atoms with van der Waals surface area (Å²) < 4.78 is 0. The normalized spacial score (nSPS) is 13.6. The molecule has 4 N–H and O–H groups in total. The van der Waals surface area contributed by atoms with E-state index >= 15 is 0 Å². The third-order valence-electron chi connectivity index (χ3n) is 3.77. The summed E-state index contributed by atoms with van der Waals surface area (Å²) in [6.45, 7) is 0.415. The third kappa shape index (κ3) is 3.19. The van der Waals surface area contributed by atoms with Gasteiger partial charge < -0.3 is 16.0 Å². The molecule has 1 amide bonds. The van der Waals surface area contributed by atoms with E-state index in [0.29, 0.717) is 18.8 Å². The predicted octanol–water partition coefficient (Wildman–Crippen LogP) is 1.26. The smallest absolute Gasteiger partial charge is 0.261 e. The Bertz CT molecular complexity index is 750. The quantitative estimate of drug-likeness (QED) is 0.790. The van der Waals surface area contributed by atoms with Gasteiger partial charge in [0.1, 0.15) is 11.6 Å². The molecule has 0 fully saturated rings. The van der Waals surface area contributed by atoms with E-state index in [0.717, 1.165) is 24.1 Å². The summed E-state index contributed by atoms with van der Waals surface area (Å²) in [7, 11) is 0. The Morgan fingerprint density at radius 2 is 2.23 bits per heavy atom. The van der Waals surface area contributed by atoms with Crippen LogP contribution >= 0.6 is 11.3 Å². The van der Waals surface area contributed by atoms with Crippen molar-refractivity contribution in [1.82, 2.24) is 15.3 Å². The lowest BCUT2D eigenvalue weighted by atomic mass is 9.94. The Morgan fingerprint density at radius 1 is 1.41 bits per heavy atom. The molecule has 2 heterocycles. The number of hydrogen-bond donors (Lipinski definition) is 3. The van der Waals surface area contributed by atoms with E-state index in [4.69, 9.17) is 5.73 Å². The molecule has 2 aromatic heterocycles. The van der Waals surface area contributed by atoms with Gasteiger partial charge in [-0.1, -0.05) is 0 Å². The highest BCUT2D eigenvalue weighted by molar-refractivity contribution is 7.12. The van der Waals surface area contributed by atoms with Crippen LogP contribution < -0.4 is 16.6 Å². The Labute approximate surface area is 131 Å². The SMILES string of the molecule is Nc1cc(=O)[nH]c(CCNC(=O)c2scc3c2CCCC3)n1. The molecular weight excluding hydrogens is 300 g/mol. The predicted molar refractivity (Wildman–Crippen MR) is 86.3 cm³/mol. The zero-order valence-electron chi connectivity index (χ0n) is 12.1. The van der Waals surface area contributed by atoms with Crippen LogP contribution in [0.25, 0.3) is 0 Å². The molecular formula is C15H18N4O2S. The van der Waals surface area contributed by atoms with Crippen LogP contribution in [-0.2, 0) is 19.3 Å². The molecule has 7 heteroatoms. The largest absolute Gasteiger partial charge is 0.383 e. The van der Waals surface area contributed by atoms with E-state index in [2.05, 4.69) is 20.7 Å². The van der Waals surface area contributed by atoms with E-state index in [1.807, 2.05) is 0 Å². The van der Waals surface area contributed by atoms with Gasteiger partial charge in [-0.05, 0) is 42.2 Å². The molecule has 0 spiro atoms. The fraction of sp³-hybridized carbons (Fsp3) is 0.400. The highest BCUT2D eigenvalue weighted by atomic mass is 32.1. The molecule has 0 aromatic carbocycles. The summed E-state index contributed by atoms with van der Waals surface area (Å²) in [4.78, 5) is 31.0. The second-order valence-electron chi connectivity index (χ2n) is 5.40. The van der Waals surface area contributed by atoms with Crippen LogP contribution in [-0.4, -0.2) is 22.4 Å². The molecule has 6 nitrogen and oxygen atoms in total. The van der Waals surface area contributed by atoms with E-state index in [1.54, 1.807) is 0 Å². The van der Waals surface area contributed by atoms with Crippen LogP contribution in [0.4, 0.5) is 5.82 Å². The van der Waals surface area contributed by atoms with Gasteiger partial charge in [0.25, 0.3) is 11.5 Å². The van der Waals surface area contributed by atoms with Gasteiger partial charge in [0, 0.05) is 19.0 Å². The Morgan fingerprint density at radius 3 is 3.05 bits per heavy atom. The number of nitrogens with two attached hydrogens (primary N) is 1. The summed E-state index contributed by atoms with van der Waals surface area (Å²) in [6, 6.07) is 1.24. The first-order valence-corrected chi connectivity index (χ1v) is 8.24. The number of thiophene rings is 1. The number of rotatable bonds is 4. The number of amides is 1. The van der Waals surface area contributed by atoms with Crippen LogP contribution in [0.5, 0.6) is 0 Å². The number of hydrogen-bond acceptors (Lipinski definition) is 5. The van der Waals surface area contributed by atoms with Gasteiger partial charge in [-0.25, -0.2) is 4.98 Å². The maximum Gasteiger partial charge on any atom is 0.261 e. The first-order chi connectivity index (χ1) is 10.6. The average molecular weight is 318 g/mol. The van der Waals surface area contributed by atoms with Gasteiger partial charge in [0.2, 0.25) is 0 Å². The molecule has 0 unspecified atom stereocenters. The van der Waals surface area contributed by atoms with Crippen molar-refractivity contribution >= 4 is 23.1 Å². The topological polar surface area (TPSA) is 101 Å². The van der Waals surface area contributed by atoms with E-state index in [9.17, 15) is 9.59 Å². The molecule has 0 bridgehead atoms. The maximum atomic E-state index is 12.3. The number of nitrogens with zero attached hydrogens (tertiary/aromatic N) is 1. The second-order valence-corrected chi connectivity index (χ2v) is 6.28. The summed E-state index contributed by atoms with van der Waals surface area (Å²) in [5, 5.41) is 4.99. The molecule has 0 radical (unpaired) electrons. The van der Waals surface area contributed by atoms with Crippen LogP contribution in [0.15, 0.2) is 16.2 Å². The fourth-order valence-electron chi connectivity index (χ4n) is 2.73. The van der Waals surface area contributed by atoms with Gasteiger partial charge >= 0.3 is 0 Å². The van der Waals surface area contributed by atoms with Crippen LogP contribution in [0.2, 0.25) is 0 Å². The summed E-state index contributed by atoms with van der Waals surface area (Å²) >= 11 is 1.52. The molecule has 0 saturated carbocycles. The number of H-pyrrole nitrogens is 1. The average Bonchev–Trinajstić information content (AvgIpc) is 2.90. The van der Waals surface area contributed by atoms with Crippen LogP contribution in [0.1, 0.15) is 39.5 Å². The molecule has 0 saturated heterocycles. The summed E-state index contributed by atoms with van der Waals surface area (Å²) in [6.07, 6.45) is 4.87. The second kappa shape index (κ2) is 6.31. The minimum atomic E-state index is -0.277. The number of aromatic amines is 1. The van der Waals surface area contributed by atoms with Crippen molar-refractivity contribution in [3.63, 3.8) is 0 Å². The fourth-order valence-corrected chi connectivity index (χ4v) is 3.81. The first kappa shape index (κ1) is 14.8. The molecule has 1 aliphatic carbocycles. The van der Waals surface area contributed by atoms with Crippen molar-refractivity contribution in [1.29, 1.82) is 0 Å². The zero-order chi connectivity index (χ0) is 15.5. The minimum absolute atomic E-state index is 0.0422. The standard InChI is InChI=1S/C15H18N4O2S/c16-11-7-13(20)19-12(18-11)5-6-17-15(21)14-10-4-2-1-3-9(10)8-22-14/h7-8H,1-6H2,(H,17,21)(H3,16,18,19,20). The minimum Gasteiger partial charge on any atom is -0.383 e. The number of carbonyl (C=O) groups excluding carboxylic acids is 1. The van der Waals surface area contributed by atoms with Crippen molar-refractivity contribution in [2.24, 2.45) is 0 Å². The van der Waals surface area contributed by atoms with Crippen molar-refractivity contribution in [2.45, 2.75) is 32.1 Å². The lowest BCUT2D eigenvalue weighted by molar-refractivity contribution is 0.0957. The highest BCUT2D eigenvalue weighted by Gasteiger charge is 2.19.